The fourth-order valence-corrected chi connectivity index (χ4v) is 4.86. The Bertz CT molecular complexity index is 1250. The zero-order chi connectivity index (χ0) is 20.8. The first kappa shape index (κ1) is 19.1. The molecule has 3 heterocycles. The number of hydrogen-bond acceptors (Lipinski definition) is 5. The summed E-state index contributed by atoms with van der Waals surface area (Å²) in [4.78, 5) is 5.71. The van der Waals surface area contributed by atoms with Gasteiger partial charge in [-0.05, 0) is 48.4 Å². The van der Waals surface area contributed by atoms with E-state index in [1.54, 1.807) is 35.2 Å². The highest BCUT2D eigenvalue weighted by atomic mass is 35.5. The lowest BCUT2D eigenvalue weighted by atomic mass is 10.1. The van der Waals surface area contributed by atoms with Gasteiger partial charge in [0, 0.05) is 22.9 Å². The van der Waals surface area contributed by atoms with Crippen LogP contribution in [0.3, 0.4) is 0 Å². The van der Waals surface area contributed by atoms with E-state index in [-0.39, 0.29) is 16.4 Å². The first-order valence-electron chi connectivity index (χ1n) is 9.37. The number of aryl methyl sites for hydroxylation is 1. The van der Waals surface area contributed by atoms with Crippen molar-refractivity contribution in [3.63, 3.8) is 0 Å². The molecular formula is C22H17ClFN3O2S. The third kappa shape index (κ3) is 3.14. The molecule has 2 aromatic heterocycles. The molecule has 0 radical (unpaired) electrons. The quantitative estimate of drug-likeness (QED) is 0.406. The van der Waals surface area contributed by atoms with Gasteiger partial charge in [-0.2, -0.15) is 5.10 Å². The molecule has 0 unspecified atom stereocenters. The number of nitrogens with zero attached hydrogens (tertiary/aromatic N) is 3. The third-order valence-electron chi connectivity index (χ3n) is 5.03. The van der Waals surface area contributed by atoms with Gasteiger partial charge in [-0.3, -0.25) is 0 Å². The average Bonchev–Trinajstić information content (AvgIpc) is 3.30. The minimum atomic E-state index is -0.446. The van der Waals surface area contributed by atoms with Crippen molar-refractivity contribution >= 4 is 22.9 Å². The predicted octanol–water partition coefficient (Wildman–Crippen LogP) is 5.75. The first-order chi connectivity index (χ1) is 14.5. The van der Waals surface area contributed by atoms with Gasteiger partial charge in [0.1, 0.15) is 19.0 Å². The summed E-state index contributed by atoms with van der Waals surface area (Å²) in [6.45, 7) is 3.16. The van der Waals surface area contributed by atoms with Gasteiger partial charge >= 0.3 is 0 Å². The van der Waals surface area contributed by atoms with Gasteiger partial charge in [-0.15, -0.1) is 11.3 Å². The second-order valence-electron chi connectivity index (χ2n) is 6.94. The zero-order valence-electron chi connectivity index (χ0n) is 16.3. The van der Waals surface area contributed by atoms with Crippen LogP contribution in [0.2, 0.25) is 5.02 Å². The Kier molecular flexibility index (Phi) is 4.72. The van der Waals surface area contributed by atoms with Crippen molar-refractivity contribution in [3.05, 3.63) is 58.2 Å². The van der Waals surface area contributed by atoms with Crippen LogP contribution in [0.25, 0.3) is 33.2 Å². The third-order valence-corrected chi connectivity index (χ3v) is 6.48. The number of ether oxygens (including phenoxy) is 2. The highest BCUT2D eigenvalue weighted by Crippen LogP contribution is 2.41. The van der Waals surface area contributed by atoms with Crippen LogP contribution in [0.1, 0.15) is 5.56 Å². The second kappa shape index (κ2) is 7.41. The number of rotatable bonds is 3. The number of halogens is 2. The molecule has 2 aromatic carbocycles. The minimum absolute atomic E-state index is 0.209. The fourth-order valence-electron chi connectivity index (χ4n) is 3.54. The summed E-state index contributed by atoms with van der Waals surface area (Å²) < 4.78 is 27.3. The van der Waals surface area contributed by atoms with Crippen LogP contribution in [0.4, 0.5) is 4.39 Å². The van der Waals surface area contributed by atoms with Gasteiger partial charge in [0.25, 0.3) is 0 Å². The molecule has 5 nitrogen and oxygen atoms in total. The lowest BCUT2D eigenvalue weighted by Crippen LogP contribution is -2.15. The maximum Gasteiger partial charge on any atom is 0.186 e. The maximum absolute atomic E-state index is 14.3. The number of benzene rings is 2. The van der Waals surface area contributed by atoms with E-state index in [0.29, 0.717) is 19.0 Å². The molecule has 0 aliphatic carbocycles. The summed E-state index contributed by atoms with van der Waals surface area (Å²) in [6, 6.07) is 10.5. The Hall–Kier alpha value is -2.90. The molecule has 0 spiro atoms. The van der Waals surface area contributed by atoms with E-state index in [1.807, 2.05) is 30.5 Å². The number of hydrogen-bond donors (Lipinski definition) is 0. The summed E-state index contributed by atoms with van der Waals surface area (Å²) in [5.41, 5.74) is 3.27. The highest BCUT2D eigenvalue weighted by Gasteiger charge is 2.21. The molecule has 0 fully saturated rings. The molecule has 152 valence electrons. The Morgan fingerprint density at radius 1 is 1.13 bits per heavy atom. The van der Waals surface area contributed by atoms with E-state index in [2.05, 4.69) is 10.1 Å². The number of fused-ring (bicyclic) bond motifs is 1. The van der Waals surface area contributed by atoms with E-state index in [9.17, 15) is 4.39 Å². The summed E-state index contributed by atoms with van der Waals surface area (Å²) in [7, 11) is 1.79. The van der Waals surface area contributed by atoms with E-state index >= 15 is 0 Å². The second-order valence-corrected chi connectivity index (χ2v) is 8.23. The van der Waals surface area contributed by atoms with Gasteiger partial charge in [-0.25, -0.2) is 14.1 Å². The molecule has 1 aliphatic rings. The molecule has 0 N–H and O–H groups in total. The van der Waals surface area contributed by atoms with Gasteiger partial charge in [0.15, 0.2) is 23.1 Å². The van der Waals surface area contributed by atoms with Crippen molar-refractivity contribution < 1.29 is 13.9 Å². The minimum Gasteiger partial charge on any atom is -0.486 e. The van der Waals surface area contributed by atoms with Crippen LogP contribution in [0.15, 0.2) is 41.8 Å². The fraction of sp³-hybridized carbons (Fsp3) is 0.182. The van der Waals surface area contributed by atoms with Gasteiger partial charge in [0.2, 0.25) is 0 Å². The van der Waals surface area contributed by atoms with Crippen molar-refractivity contribution in [1.29, 1.82) is 0 Å². The monoisotopic (exact) mass is 441 g/mol. The normalized spacial score (nSPS) is 12.9. The van der Waals surface area contributed by atoms with E-state index in [4.69, 9.17) is 21.1 Å². The van der Waals surface area contributed by atoms with E-state index in [1.165, 1.54) is 6.07 Å². The molecule has 5 rings (SSSR count). The topological polar surface area (TPSA) is 49.2 Å². The van der Waals surface area contributed by atoms with Crippen LogP contribution < -0.4 is 9.47 Å². The van der Waals surface area contributed by atoms with E-state index in [0.717, 1.165) is 33.1 Å². The standard InChI is InChI=1S/C22H17ClFN3O2S/c1-12-14(11-30-20(12)13-6-7-17-18(10-13)29-9-8-28-17)22-25-21(26-27(22)2)19-15(23)4-3-5-16(19)24/h3-7,10-11H,8-9H2,1-2H3. The summed E-state index contributed by atoms with van der Waals surface area (Å²) >= 11 is 7.81. The molecular weight excluding hydrogens is 425 g/mol. The largest absolute Gasteiger partial charge is 0.486 e. The molecule has 0 saturated heterocycles. The summed E-state index contributed by atoms with van der Waals surface area (Å²) in [6.07, 6.45) is 0. The Balaban J connectivity index is 1.56. The van der Waals surface area contributed by atoms with Crippen molar-refractivity contribution in [2.75, 3.05) is 13.2 Å². The first-order valence-corrected chi connectivity index (χ1v) is 10.6. The van der Waals surface area contributed by atoms with Crippen LogP contribution in [-0.4, -0.2) is 28.0 Å². The summed E-state index contributed by atoms with van der Waals surface area (Å²) in [5, 5.41) is 6.73. The highest BCUT2D eigenvalue weighted by molar-refractivity contribution is 7.14. The van der Waals surface area contributed by atoms with Gasteiger partial charge < -0.3 is 9.47 Å². The Labute approximate surface area is 181 Å². The predicted molar refractivity (Wildman–Crippen MR) is 116 cm³/mol. The molecule has 0 amide bonds. The molecule has 0 atom stereocenters. The van der Waals surface area contributed by atoms with Crippen LogP contribution >= 0.6 is 22.9 Å². The number of aromatic nitrogens is 3. The average molecular weight is 442 g/mol. The van der Waals surface area contributed by atoms with E-state index < -0.39 is 5.82 Å². The smallest absolute Gasteiger partial charge is 0.186 e. The van der Waals surface area contributed by atoms with Crippen molar-refractivity contribution in [2.24, 2.45) is 7.05 Å². The van der Waals surface area contributed by atoms with Crippen LogP contribution in [0.5, 0.6) is 11.5 Å². The van der Waals surface area contributed by atoms with Crippen LogP contribution in [-0.2, 0) is 7.05 Å². The SMILES string of the molecule is Cc1c(-c2nc(-c3c(F)cccc3Cl)nn2C)csc1-c1ccc2c(c1)OCCO2. The lowest BCUT2D eigenvalue weighted by molar-refractivity contribution is 0.171. The zero-order valence-corrected chi connectivity index (χ0v) is 17.9. The molecule has 0 bridgehead atoms. The van der Waals surface area contributed by atoms with Crippen LogP contribution in [0, 0.1) is 12.7 Å². The number of thiophene rings is 1. The Morgan fingerprint density at radius 2 is 1.93 bits per heavy atom. The maximum atomic E-state index is 14.3. The molecule has 1 aliphatic heterocycles. The van der Waals surface area contributed by atoms with Crippen molar-refractivity contribution in [2.45, 2.75) is 6.92 Å². The molecule has 4 aromatic rings. The molecule has 30 heavy (non-hydrogen) atoms. The lowest BCUT2D eigenvalue weighted by Gasteiger charge is -2.18. The van der Waals surface area contributed by atoms with Crippen molar-refractivity contribution in [3.8, 4) is 44.7 Å². The molecule has 8 heteroatoms. The van der Waals surface area contributed by atoms with Gasteiger partial charge in [0.05, 0.1) is 10.6 Å². The van der Waals surface area contributed by atoms with Crippen molar-refractivity contribution in [1.82, 2.24) is 14.8 Å². The Morgan fingerprint density at radius 3 is 2.73 bits per heavy atom. The molecule has 0 saturated carbocycles. The van der Waals surface area contributed by atoms with Gasteiger partial charge in [-0.1, -0.05) is 17.7 Å². The summed E-state index contributed by atoms with van der Waals surface area (Å²) in [5.74, 6) is 1.99.